The maximum Gasteiger partial charge on any atom is 0.270 e. The SMILES string of the molecule is CCCCn1c(N2CCN(c3ccccc3F)CC2)c(/C=C2\SC(=S)N(C)C2=O)c(C)c(C#N)c1=O. The Morgan fingerprint density at radius 2 is 1.83 bits per heavy atom. The molecule has 1 aromatic heterocycles. The van der Waals surface area contributed by atoms with Crippen LogP contribution in [0.2, 0.25) is 0 Å². The van der Waals surface area contributed by atoms with E-state index in [0.29, 0.717) is 64.6 Å². The zero-order valence-corrected chi connectivity index (χ0v) is 22.2. The molecule has 0 atom stereocenters. The number of pyridine rings is 1. The summed E-state index contributed by atoms with van der Waals surface area (Å²) in [5.41, 5.74) is 1.54. The Morgan fingerprint density at radius 1 is 1.17 bits per heavy atom. The maximum atomic E-state index is 14.4. The molecule has 188 valence electrons. The van der Waals surface area contributed by atoms with E-state index in [9.17, 15) is 19.2 Å². The number of anilines is 2. The van der Waals surface area contributed by atoms with Gasteiger partial charge in [0.05, 0.1) is 10.6 Å². The molecule has 0 saturated carbocycles. The van der Waals surface area contributed by atoms with Gasteiger partial charge in [-0.1, -0.05) is 49.5 Å². The molecule has 1 amide bonds. The number of nitriles is 1. The van der Waals surface area contributed by atoms with Gasteiger partial charge in [0.2, 0.25) is 0 Å². The van der Waals surface area contributed by atoms with Crippen LogP contribution in [0.1, 0.15) is 36.5 Å². The molecule has 0 N–H and O–H groups in total. The molecule has 2 aromatic rings. The van der Waals surface area contributed by atoms with Gasteiger partial charge in [0.15, 0.2) is 0 Å². The lowest BCUT2D eigenvalue weighted by atomic mass is 10.0. The molecule has 0 bridgehead atoms. The summed E-state index contributed by atoms with van der Waals surface area (Å²) in [6.45, 7) is 6.51. The first-order chi connectivity index (χ1) is 17.3. The molecule has 3 heterocycles. The number of amides is 1. The minimum Gasteiger partial charge on any atom is -0.366 e. The van der Waals surface area contributed by atoms with Gasteiger partial charge in [0.25, 0.3) is 11.5 Å². The number of benzene rings is 1. The first-order valence-electron chi connectivity index (χ1n) is 11.9. The zero-order chi connectivity index (χ0) is 26.0. The van der Waals surface area contributed by atoms with E-state index >= 15 is 0 Å². The summed E-state index contributed by atoms with van der Waals surface area (Å²) in [4.78, 5) is 32.2. The van der Waals surface area contributed by atoms with Crippen LogP contribution < -0.4 is 15.4 Å². The van der Waals surface area contributed by atoms with Gasteiger partial charge >= 0.3 is 0 Å². The minimum atomic E-state index is -0.324. The number of aromatic nitrogens is 1. The number of carbonyl (C=O) groups excluding carboxylic acids is 1. The third-order valence-corrected chi connectivity index (χ3v) is 8.10. The molecule has 0 radical (unpaired) electrons. The first kappa shape index (κ1) is 25.9. The highest BCUT2D eigenvalue weighted by molar-refractivity contribution is 8.26. The van der Waals surface area contributed by atoms with Gasteiger partial charge in [0.1, 0.15) is 27.6 Å². The summed E-state index contributed by atoms with van der Waals surface area (Å²) in [6, 6.07) is 8.80. The lowest BCUT2D eigenvalue weighted by molar-refractivity contribution is -0.121. The summed E-state index contributed by atoms with van der Waals surface area (Å²) < 4.78 is 16.5. The molecule has 2 saturated heterocycles. The molecule has 36 heavy (non-hydrogen) atoms. The van der Waals surface area contributed by atoms with Crippen LogP contribution in [0.5, 0.6) is 0 Å². The predicted molar refractivity (Wildman–Crippen MR) is 147 cm³/mol. The Morgan fingerprint density at radius 3 is 2.42 bits per heavy atom. The molecule has 0 unspecified atom stereocenters. The van der Waals surface area contributed by atoms with Crippen LogP contribution in [0, 0.1) is 24.1 Å². The zero-order valence-electron chi connectivity index (χ0n) is 20.6. The third kappa shape index (κ3) is 4.77. The van der Waals surface area contributed by atoms with E-state index in [2.05, 4.69) is 11.0 Å². The Hall–Kier alpha value is -3.16. The third-order valence-electron chi connectivity index (χ3n) is 6.62. The largest absolute Gasteiger partial charge is 0.366 e. The molecule has 4 rings (SSSR count). The summed E-state index contributed by atoms with van der Waals surface area (Å²) in [6.07, 6.45) is 3.42. The number of para-hydroxylation sites is 1. The second-order valence-electron chi connectivity index (χ2n) is 8.83. The number of likely N-dealkylation sites (N-methyl/N-ethyl adjacent to an activating group) is 1. The number of thiocarbonyl (C=S) groups is 1. The smallest absolute Gasteiger partial charge is 0.270 e. The lowest BCUT2D eigenvalue weighted by Crippen LogP contribution is -2.49. The molecule has 2 fully saturated rings. The van der Waals surface area contributed by atoms with E-state index < -0.39 is 0 Å². The fraction of sp³-hybridized carbons (Fsp3) is 0.385. The molecule has 0 spiro atoms. The van der Waals surface area contributed by atoms with Crippen molar-refractivity contribution in [3.8, 4) is 6.07 Å². The van der Waals surface area contributed by atoms with Crippen molar-refractivity contribution in [2.24, 2.45) is 0 Å². The summed E-state index contributed by atoms with van der Waals surface area (Å²) >= 11 is 6.51. The highest BCUT2D eigenvalue weighted by Crippen LogP contribution is 2.35. The lowest BCUT2D eigenvalue weighted by Gasteiger charge is -2.39. The fourth-order valence-electron chi connectivity index (χ4n) is 4.55. The van der Waals surface area contributed by atoms with Crippen molar-refractivity contribution in [2.75, 3.05) is 43.0 Å². The standard InChI is InChI=1S/C26H28FN5O2S2/c1-4-5-10-32-23(31-13-11-30(12-14-31)21-9-7-6-8-20(21)27)18(17(2)19(16-28)24(32)33)15-22-25(34)29(3)26(35)36-22/h6-9,15H,4-5,10-14H2,1-3H3/b22-15-. The molecule has 1 aromatic carbocycles. The van der Waals surface area contributed by atoms with E-state index in [1.807, 2.05) is 17.9 Å². The number of piperazine rings is 1. The quantitative estimate of drug-likeness (QED) is 0.415. The van der Waals surface area contributed by atoms with Crippen molar-refractivity contribution in [2.45, 2.75) is 33.2 Å². The fourth-order valence-corrected chi connectivity index (χ4v) is 5.71. The maximum absolute atomic E-state index is 14.4. The van der Waals surface area contributed by atoms with E-state index in [1.165, 1.54) is 22.7 Å². The Kier molecular flexibility index (Phi) is 7.81. The average molecular weight is 526 g/mol. The van der Waals surface area contributed by atoms with E-state index in [4.69, 9.17) is 12.2 Å². The van der Waals surface area contributed by atoms with Crippen molar-refractivity contribution in [1.82, 2.24) is 9.47 Å². The topological polar surface area (TPSA) is 72.6 Å². The van der Waals surface area contributed by atoms with Gasteiger partial charge in [0, 0.05) is 45.3 Å². The predicted octanol–water partition coefficient (Wildman–Crippen LogP) is 4.13. The van der Waals surface area contributed by atoms with Crippen molar-refractivity contribution >= 4 is 51.8 Å². The van der Waals surface area contributed by atoms with Crippen LogP contribution in [0.15, 0.2) is 34.0 Å². The van der Waals surface area contributed by atoms with Crippen LogP contribution >= 0.6 is 24.0 Å². The number of rotatable bonds is 6. The minimum absolute atomic E-state index is 0.0815. The van der Waals surface area contributed by atoms with Crippen LogP contribution in [-0.4, -0.2) is 52.9 Å². The Bertz CT molecular complexity index is 1340. The van der Waals surface area contributed by atoms with Gasteiger partial charge in [-0.15, -0.1) is 0 Å². The van der Waals surface area contributed by atoms with Crippen LogP contribution in [0.4, 0.5) is 15.9 Å². The second-order valence-corrected chi connectivity index (χ2v) is 10.5. The first-order valence-corrected chi connectivity index (χ1v) is 13.1. The number of hydrogen-bond donors (Lipinski definition) is 0. The van der Waals surface area contributed by atoms with Crippen molar-refractivity contribution in [1.29, 1.82) is 5.26 Å². The van der Waals surface area contributed by atoms with Crippen molar-refractivity contribution < 1.29 is 9.18 Å². The summed E-state index contributed by atoms with van der Waals surface area (Å²) in [5.74, 6) is 0.228. The van der Waals surface area contributed by atoms with Crippen LogP contribution in [-0.2, 0) is 11.3 Å². The number of hydrogen-bond acceptors (Lipinski definition) is 7. The van der Waals surface area contributed by atoms with E-state index in [-0.39, 0.29) is 22.8 Å². The molecule has 2 aliphatic rings. The Labute approximate surface area is 219 Å². The van der Waals surface area contributed by atoms with Gasteiger partial charge in [-0.3, -0.25) is 19.1 Å². The number of carbonyl (C=O) groups is 1. The van der Waals surface area contributed by atoms with E-state index in [1.54, 1.807) is 36.7 Å². The molecule has 7 nitrogen and oxygen atoms in total. The van der Waals surface area contributed by atoms with Crippen molar-refractivity contribution in [3.05, 3.63) is 62.0 Å². The number of unbranched alkanes of at least 4 members (excludes halogenated alkanes) is 1. The monoisotopic (exact) mass is 525 g/mol. The number of halogens is 1. The van der Waals surface area contributed by atoms with Gasteiger partial charge in [-0.25, -0.2) is 4.39 Å². The van der Waals surface area contributed by atoms with Crippen LogP contribution in [0.3, 0.4) is 0 Å². The highest BCUT2D eigenvalue weighted by Gasteiger charge is 2.31. The number of thioether (sulfide) groups is 1. The average Bonchev–Trinajstić information content (AvgIpc) is 3.12. The summed E-state index contributed by atoms with van der Waals surface area (Å²) in [7, 11) is 1.64. The Balaban J connectivity index is 1.81. The summed E-state index contributed by atoms with van der Waals surface area (Å²) in [5, 5.41) is 9.82. The molecule has 2 aliphatic heterocycles. The molecule has 10 heteroatoms. The normalized spacial score (nSPS) is 17.3. The molecular formula is C26H28FN5O2S2. The van der Waals surface area contributed by atoms with Crippen molar-refractivity contribution in [3.63, 3.8) is 0 Å². The van der Waals surface area contributed by atoms with Gasteiger partial charge < -0.3 is 9.80 Å². The van der Waals surface area contributed by atoms with Crippen LogP contribution in [0.25, 0.3) is 6.08 Å². The number of nitrogens with zero attached hydrogens (tertiary/aromatic N) is 5. The second kappa shape index (κ2) is 10.8. The molecule has 0 aliphatic carbocycles. The van der Waals surface area contributed by atoms with E-state index in [0.717, 1.165) is 12.8 Å². The van der Waals surface area contributed by atoms with Gasteiger partial charge in [-0.05, 0) is 37.1 Å². The highest BCUT2D eigenvalue weighted by atomic mass is 32.2. The van der Waals surface area contributed by atoms with Gasteiger partial charge in [-0.2, -0.15) is 5.26 Å². The molecular weight excluding hydrogens is 497 g/mol.